The zero-order valence-corrected chi connectivity index (χ0v) is 14.9. The predicted molar refractivity (Wildman–Crippen MR) is 97.1 cm³/mol. The van der Waals surface area contributed by atoms with Crippen LogP contribution in [-0.2, 0) is 4.79 Å². The first-order valence-electron chi connectivity index (χ1n) is 6.97. The van der Waals surface area contributed by atoms with Crippen LogP contribution in [0.2, 0.25) is 10.0 Å². The van der Waals surface area contributed by atoms with Crippen molar-refractivity contribution < 1.29 is 4.79 Å². The standard InChI is InChI=1S/C15H14Cl2N2OS2/c16-11-4-3-10(12(17)8-11)7-13-14(20)19(15(21)22-13)9-18-5-1-2-6-18/h3-4,7-8H,1-2,5-6,9H2/b13-7-. The van der Waals surface area contributed by atoms with Gasteiger partial charge in [-0.15, -0.1) is 0 Å². The maximum Gasteiger partial charge on any atom is 0.267 e. The minimum atomic E-state index is -0.0482. The molecule has 1 aromatic carbocycles. The monoisotopic (exact) mass is 372 g/mol. The van der Waals surface area contributed by atoms with E-state index in [0.29, 0.717) is 25.9 Å². The molecule has 0 N–H and O–H groups in total. The summed E-state index contributed by atoms with van der Waals surface area (Å²) in [6, 6.07) is 5.22. The second-order valence-electron chi connectivity index (χ2n) is 5.24. The molecule has 2 aliphatic rings. The molecule has 1 amide bonds. The maximum absolute atomic E-state index is 12.5. The van der Waals surface area contributed by atoms with E-state index in [1.54, 1.807) is 29.2 Å². The molecule has 0 bridgehead atoms. The van der Waals surface area contributed by atoms with Crippen LogP contribution in [0.4, 0.5) is 0 Å². The Labute approximate surface area is 149 Å². The van der Waals surface area contributed by atoms with E-state index in [0.717, 1.165) is 18.7 Å². The number of likely N-dealkylation sites (tertiary alicyclic amines) is 1. The van der Waals surface area contributed by atoms with Crippen molar-refractivity contribution in [1.82, 2.24) is 9.80 Å². The summed E-state index contributed by atoms with van der Waals surface area (Å²) in [4.78, 5) is 17.1. The highest BCUT2D eigenvalue weighted by molar-refractivity contribution is 8.26. The van der Waals surface area contributed by atoms with Crippen LogP contribution in [0.5, 0.6) is 0 Å². The minimum absolute atomic E-state index is 0.0482. The Kier molecular flexibility index (Phi) is 5.10. The molecule has 2 fully saturated rings. The van der Waals surface area contributed by atoms with Crippen LogP contribution in [0.25, 0.3) is 6.08 Å². The lowest BCUT2D eigenvalue weighted by Crippen LogP contribution is -2.38. The summed E-state index contributed by atoms with van der Waals surface area (Å²) in [6.07, 6.45) is 4.15. The average Bonchev–Trinajstić information content (AvgIpc) is 3.06. The molecule has 22 heavy (non-hydrogen) atoms. The van der Waals surface area contributed by atoms with Gasteiger partial charge in [0.2, 0.25) is 0 Å². The van der Waals surface area contributed by atoms with Crippen LogP contribution in [0.15, 0.2) is 23.1 Å². The van der Waals surface area contributed by atoms with Crippen LogP contribution in [0.3, 0.4) is 0 Å². The van der Waals surface area contributed by atoms with Crippen molar-refractivity contribution in [2.45, 2.75) is 12.8 Å². The van der Waals surface area contributed by atoms with E-state index in [1.807, 2.05) is 0 Å². The topological polar surface area (TPSA) is 23.6 Å². The maximum atomic E-state index is 12.5. The van der Waals surface area contributed by atoms with Crippen LogP contribution in [-0.4, -0.2) is 39.8 Å². The second kappa shape index (κ2) is 6.89. The first-order chi connectivity index (χ1) is 10.5. The number of benzene rings is 1. The fourth-order valence-electron chi connectivity index (χ4n) is 2.51. The molecule has 0 atom stereocenters. The Bertz CT molecular complexity index is 657. The van der Waals surface area contributed by atoms with E-state index in [2.05, 4.69) is 4.90 Å². The summed E-state index contributed by atoms with van der Waals surface area (Å²) >= 11 is 18.7. The summed E-state index contributed by atoms with van der Waals surface area (Å²) in [5.74, 6) is -0.0482. The Balaban J connectivity index is 1.79. The Morgan fingerprint density at radius 2 is 2.00 bits per heavy atom. The smallest absolute Gasteiger partial charge is 0.267 e. The fraction of sp³-hybridized carbons (Fsp3) is 0.333. The normalized spacial score (nSPS) is 21.4. The Morgan fingerprint density at radius 1 is 1.27 bits per heavy atom. The summed E-state index contributed by atoms with van der Waals surface area (Å²) in [7, 11) is 0. The molecule has 3 nitrogen and oxygen atoms in total. The Hall–Kier alpha value is -0.590. The highest BCUT2D eigenvalue weighted by Crippen LogP contribution is 2.34. The van der Waals surface area contributed by atoms with Gasteiger partial charge >= 0.3 is 0 Å². The number of rotatable bonds is 3. The SMILES string of the molecule is O=C1/C(=C/c2ccc(Cl)cc2Cl)SC(=S)N1CN1CCCC1. The number of thiocarbonyl (C=S) groups is 1. The second-order valence-corrected chi connectivity index (χ2v) is 7.76. The highest BCUT2D eigenvalue weighted by Gasteiger charge is 2.33. The van der Waals surface area contributed by atoms with Gasteiger partial charge in [0.1, 0.15) is 4.32 Å². The van der Waals surface area contributed by atoms with Crippen LogP contribution in [0, 0.1) is 0 Å². The summed E-state index contributed by atoms with van der Waals surface area (Å²) in [5.41, 5.74) is 0.771. The lowest BCUT2D eigenvalue weighted by molar-refractivity contribution is -0.123. The molecule has 2 saturated heterocycles. The minimum Gasteiger partial charge on any atom is -0.286 e. The van der Waals surface area contributed by atoms with Gasteiger partial charge in [-0.3, -0.25) is 14.6 Å². The van der Waals surface area contributed by atoms with E-state index >= 15 is 0 Å². The molecule has 7 heteroatoms. The molecule has 0 saturated carbocycles. The zero-order chi connectivity index (χ0) is 15.7. The van der Waals surface area contributed by atoms with Gasteiger partial charge in [-0.1, -0.05) is 53.2 Å². The lowest BCUT2D eigenvalue weighted by Gasteiger charge is -2.22. The molecule has 0 aliphatic carbocycles. The molecule has 2 heterocycles. The van der Waals surface area contributed by atoms with Gasteiger partial charge in [0.15, 0.2) is 0 Å². The quantitative estimate of drug-likeness (QED) is 0.584. The van der Waals surface area contributed by atoms with Gasteiger partial charge in [0, 0.05) is 10.0 Å². The Morgan fingerprint density at radius 3 is 2.68 bits per heavy atom. The molecule has 2 aliphatic heterocycles. The van der Waals surface area contributed by atoms with Crippen molar-refractivity contribution in [3.05, 3.63) is 38.7 Å². The first-order valence-corrected chi connectivity index (χ1v) is 8.95. The van der Waals surface area contributed by atoms with E-state index < -0.39 is 0 Å². The summed E-state index contributed by atoms with van der Waals surface area (Å²) in [6.45, 7) is 2.63. The molecule has 0 spiro atoms. The molecular weight excluding hydrogens is 359 g/mol. The first kappa shape index (κ1) is 16.3. The zero-order valence-electron chi connectivity index (χ0n) is 11.7. The number of carbonyl (C=O) groups is 1. The molecule has 1 aromatic rings. The third-order valence-electron chi connectivity index (χ3n) is 3.66. The van der Waals surface area contributed by atoms with Crippen molar-refractivity contribution in [1.29, 1.82) is 0 Å². The van der Waals surface area contributed by atoms with Gasteiger partial charge in [0.05, 0.1) is 11.6 Å². The van der Waals surface area contributed by atoms with E-state index in [4.69, 9.17) is 35.4 Å². The number of hydrogen-bond acceptors (Lipinski definition) is 4. The summed E-state index contributed by atoms with van der Waals surface area (Å²) < 4.78 is 0.605. The third-order valence-corrected chi connectivity index (χ3v) is 5.60. The third kappa shape index (κ3) is 3.49. The van der Waals surface area contributed by atoms with Crippen LogP contribution >= 0.6 is 47.2 Å². The number of amides is 1. The van der Waals surface area contributed by atoms with Crippen molar-refractivity contribution in [2.24, 2.45) is 0 Å². The molecular formula is C15H14Cl2N2OS2. The van der Waals surface area contributed by atoms with Crippen molar-refractivity contribution in [2.75, 3.05) is 19.8 Å². The van der Waals surface area contributed by atoms with E-state index in [1.165, 1.54) is 24.6 Å². The molecule has 0 radical (unpaired) electrons. The summed E-state index contributed by atoms with van der Waals surface area (Å²) in [5, 5.41) is 1.10. The number of hydrogen-bond donors (Lipinski definition) is 0. The van der Waals surface area contributed by atoms with Gasteiger partial charge in [-0.05, 0) is 49.7 Å². The van der Waals surface area contributed by atoms with Crippen molar-refractivity contribution in [3.8, 4) is 0 Å². The van der Waals surface area contributed by atoms with Gasteiger partial charge in [0.25, 0.3) is 5.91 Å². The fourth-order valence-corrected chi connectivity index (χ4v) is 4.20. The average molecular weight is 373 g/mol. The lowest BCUT2D eigenvalue weighted by atomic mass is 10.2. The number of carbonyl (C=O) groups excluding carboxylic acids is 1. The van der Waals surface area contributed by atoms with Crippen LogP contribution in [0.1, 0.15) is 18.4 Å². The highest BCUT2D eigenvalue weighted by atomic mass is 35.5. The molecule has 3 rings (SSSR count). The van der Waals surface area contributed by atoms with E-state index in [-0.39, 0.29) is 5.91 Å². The number of halogens is 2. The number of thioether (sulfide) groups is 1. The predicted octanol–water partition coefficient (Wildman–Crippen LogP) is 4.25. The largest absolute Gasteiger partial charge is 0.286 e. The van der Waals surface area contributed by atoms with Gasteiger partial charge < -0.3 is 0 Å². The van der Waals surface area contributed by atoms with Gasteiger partial charge in [-0.25, -0.2) is 0 Å². The van der Waals surface area contributed by atoms with Crippen molar-refractivity contribution in [3.63, 3.8) is 0 Å². The van der Waals surface area contributed by atoms with Gasteiger partial charge in [-0.2, -0.15) is 0 Å². The molecule has 0 unspecified atom stereocenters. The molecule has 116 valence electrons. The van der Waals surface area contributed by atoms with Crippen molar-refractivity contribution >= 4 is 63.5 Å². The molecule has 0 aromatic heterocycles. The van der Waals surface area contributed by atoms with Crippen LogP contribution < -0.4 is 0 Å². The van der Waals surface area contributed by atoms with E-state index in [9.17, 15) is 4.79 Å². The number of nitrogens with zero attached hydrogens (tertiary/aromatic N) is 2.